The van der Waals surface area contributed by atoms with Gasteiger partial charge in [0.15, 0.2) is 0 Å². The van der Waals surface area contributed by atoms with E-state index in [4.69, 9.17) is 4.74 Å². The summed E-state index contributed by atoms with van der Waals surface area (Å²) in [6.45, 7) is 6.04. The molecule has 2 heterocycles. The monoisotopic (exact) mass is 278 g/mol. The van der Waals surface area contributed by atoms with Gasteiger partial charge in [0.2, 0.25) is 11.8 Å². The molecule has 1 aromatic heterocycles. The van der Waals surface area contributed by atoms with E-state index in [0.717, 1.165) is 0 Å². The van der Waals surface area contributed by atoms with Crippen LogP contribution in [0.15, 0.2) is 12.4 Å². The quantitative estimate of drug-likeness (QED) is 0.788. The van der Waals surface area contributed by atoms with Gasteiger partial charge in [0.1, 0.15) is 12.0 Å². The van der Waals surface area contributed by atoms with Gasteiger partial charge in [0.05, 0.1) is 6.61 Å². The van der Waals surface area contributed by atoms with Crippen LogP contribution in [-0.4, -0.2) is 64.4 Å². The smallest absolute Gasteiger partial charge is 0.272 e. The van der Waals surface area contributed by atoms with E-state index in [-0.39, 0.29) is 11.8 Å². The maximum Gasteiger partial charge on any atom is 0.272 e. The van der Waals surface area contributed by atoms with Gasteiger partial charge in [-0.05, 0) is 6.92 Å². The third-order valence-corrected chi connectivity index (χ3v) is 3.17. The fraction of sp³-hybridized carbons (Fsp3) is 0.538. The van der Waals surface area contributed by atoms with Gasteiger partial charge in [-0.2, -0.15) is 0 Å². The lowest BCUT2D eigenvalue weighted by Crippen LogP contribution is -2.50. The number of ether oxygens (including phenoxy) is 1. The van der Waals surface area contributed by atoms with Crippen LogP contribution in [0.4, 0.5) is 0 Å². The van der Waals surface area contributed by atoms with Crippen LogP contribution in [-0.2, 0) is 4.79 Å². The molecule has 2 rings (SSSR count). The zero-order valence-electron chi connectivity index (χ0n) is 11.7. The summed E-state index contributed by atoms with van der Waals surface area (Å²) in [6, 6.07) is 1.54. The molecule has 0 aromatic carbocycles. The van der Waals surface area contributed by atoms with Crippen LogP contribution in [0.25, 0.3) is 0 Å². The van der Waals surface area contributed by atoms with Gasteiger partial charge in [0, 0.05) is 39.2 Å². The van der Waals surface area contributed by atoms with Crippen molar-refractivity contribution in [3.63, 3.8) is 0 Å². The molecule has 1 fully saturated rings. The van der Waals surface area contributed by atoms with Gasteiger partial charge < -0.3 is 14.5 Å². The predicted octanol–water partition coefficient (Wildman–Crippen LogP) is 0.180. The van der Waals surface area contributed by atoms with Crippen LogP contribution in [0.1, 0.15) is 24.3 Å². The number of piperazine rings is 1. The maximum absolute atomic E-state index is 12.3. The minimum atomic E-state index is -0.156. The lowest BCUT2D eigenvalue weighted by molar-refractivity contribution is -0.130. The Morgan fingerprint density at radius 1 is 1.20 bits per heavy atom. The molecule has 7 heteroatoms. The molecular weight excluding hydrogens is 260 g/mol. The Morgan fingerprint density at radius 2 is 1.85 bits per heavy atom. The lowest BCUT2D eigenvalue weighted by atomic mass is 10.2. The molecule has 1 aromatic rings. The second-order valence-corrected chi connectivity index (χ2v) is 4.47. The molecule has 1 aliphatic heterocycles. The molecule has 108 valence electrons. The first-order valence-corrected chi connectivity index (χ1v) is 6.61. The number of carbonyl (C=O) groups excluding carboxylic acids is 2. The molecule has 0 N–H and O–H groups in total. The van der Waals surface area contributed by atoms with Crippen molar-refractivity contribution >= 4 is 11.8 Å². The molecule has 0 spiro atoms. The van der Waals surface area contributed by atoms with Crippen molar-refractivity contribution in [3.8, 4) is 5.88 Å². The normalized spacial score (nSPS) is 15.1. The number of rotatable bonds is 3. The molecule has 1 saturated heterocycles. The molecule has 20 heavy (non-hydrogen) atoms. The molecule has 0 radical (unpaired) electrons. The molecule has 0 atom stereocenters. The highest BCUT2D eigenvalue weighted by Gasteiger charge is 2.24. The standard InChI is InChI=1S/C13H18N4O3/c1-3-20-12-8-11(14-9-15-12)13(19)17-6-4-16(5-7-17)10(2)18/h8-9H,3-7H2,1-2H3. The Hall–Kier alpha value is -2.18. The Bertz CT molecular complexity index is 498. The minimum absolute atomic E-state index is 0.0396. The summed E-state index contributed by atoms with van der Waals surface area (Å²) in [5, 5.41) is 0. The molecule has 0 saturated carbocycles. The molecule has 1 aliphatic rings. The molecule has 7 nitrogen and oxygen atoms in total. The molecule has 2 amide bonds. The van der Waals surface area contributed by atoms with Crippen molar-refractivity contribution in [2.75, 3.05) is 32.8 Å². The second-order valence-electron chi connectivity index (χ2n) is 4.47. The number of amides is 2. The number of carbonyl (C=O) groups is 2. The average Bonchev–Trinajstić information content (AvgIpc) is 2.47. The summed E-state index contributed by atoms with van der Waals surface area (Å²) in [5.41, 5.74) is 0.319. The first-order chi connectivity index (χ1) is 9.61. The third-order valence-electron chi connectivity index (χ3n) is 3.17. The van der Waals surface area contributed by atoms with Crippen molar-refractivity contribution in [2.24, 2.45) is 0 Å². The highest BCUT2D eigenvalue weighted by atomic mass is 16.5. The highest BCUT2D eigenvalue weighted by molar-refractivity contribution is 5.92. The van der Waals surface area contributed by atoms with Gasteiger partial charge in [-0.1, -0.05) is 0 Å². The van der Waals surface area contributed by atoms with Crippen LogP contribution in [0, 0.1) is 0 Å². The van der Waals surface area contributed by atoms with E-state index in [2.05, 4.69) is 9.97 Å². The van der Waals surface area contributed by atoms with Crippen LogP contribution in [0.3, 0.4) is 0 Å². The number of nitrogens with zero attached hydrogens (tertiary/aromatic N) is 4. The Balaban J connectivity index is 2.01. The largest absolute Gasteiger partial charge is 0.478 e. The number of aromatic nitrogens is 2. The predicted molar refractivity (Wildman–Crippen MR) is 71.4 cm³/mol. The lowest BCUT2D eigenvalue weighted by Gasteiger charge is -2.34. The van der Waals surface area contributed by atoms with Crippen molar-refractivity contribution < 1.29 is 14.3 Å². The second kappa shape index (κ2) is 6.31. The van der Waals surface area contributed by atoms with E-state index in [9.17, 15) is 9.59 Å². The van der Waals surface area contributed by atoms with Crippen molar-refractivity contribution in [1.29, 1.82) is 0 Å². The summed E-state index contributed by atoms with van der Waals surface area (Å²) in [4.78, 5) is 34.9. The first-order valence-electron chi connectivity index (χ1n) is 6.61. The van der Waals surface area contributed by atoms with E-state index in [1.54, 1.807) is 15.9 Å². The fourth-order valence-corrected chi connectivity index (χ4v) is 2.07. The average molecular weight is 278 g/mol. The van der Waals surface area contributed by atoms with E-state index in [0.29, 0.717) is 44.4 Å². The van der Waals surface area contributed by atoms with Gasteiger partial charge in [-0.25, -0.2) is 9.97 Å². The summed E-state index contributed by atoms with van der Waals surface area (Å²) >= 11 is 0. The Kier molecular flexibility index (Phi) is 4.49. The zero-order chi connectivity index (χ0) is 14.5. The fourth-order valence-electron chi connectivity index (χ4n) is 2.07. The van der Waals surface area contributed by atoms with Crippen LogP contribution in [0.2, 0.25) is 0 Å². The number of hydrogen-bond donors (Lipinski definition) is 0. The first kappa shape index (κ1) is 14.2. The minimum Gasteiger partial charge on any atom is -0.478 e. The van der Waals surface area contributed by atoms with Crippen molar-refractivity contribution in [2.45, 2.75) is 13.8 Å². The topological polar surface area (TPSA) is 75.6 Å². The summed E-state index contributed by atoms with van der Waals surface area (Å²) < 4.78 is 5.26. The van der Waals surface area contributed by atoms with E-state index < -0.39 is 0 Å². The third kappa shape index (κ3) is 3.23. The van der Waals surface area contributed by atoms with E-state index in [1.165, 1.54) is 13.3 Å². The van der Waals surface area contributed by atoms with Gasteiger partial charge >= 0.3 is 0 Å². The Morgan fingerprint density at radius 3 is 2.45 bits per heavy atom. The SMILES string of the molecule is CCOc1cc(C(=O)N2CCN(C(C)=O)CC2)ncn1. The van der Waals surface area contributed by atoms with Crippen molar-refractivity contribution in [3.05, 3.63) is 18.1 Å². The van der Waals surface area contributed by atoms with E-state index in [1.807, 2.05) is 6.92 Å². The molecule has 0 unspecified atom stereocenters. The summed E-state index contributed by atoms with van der Waals surface area (Å²) in [7, 11) is 0. The Labute approximate surface area is 117 Å². The number of hydrogen-bond acceptors (Lipinski definition) is 5. The van der Waals surface area contributed by atoms with Crippen LogP contribution in [0.5, 0.6) is 5.88 Å². The van der Waals surface area contributed by atoms with E-state index >= 15 is 0 Å². The summed E-state index contributed by atoms with van der Waals surface area (Å²) in [6.07, 6.45) is 1.32. The van der Waals surface area contributed by atoms with Gasteiger partial charge in [-0.15, -0.1) is 0 Å². The van der Waals surface area contributed by atoms with Crippen LogP contribution < -0.4 is 4.74 Å². The van der Waals surface area contributed by atoms with Crippen LogP contribution >= 0.6 is 0 Å². The highest BCUT2D eigenvalue weighted by Crippen LogP contribution is 2.11. The maximum atomic E-state index is 12.3. The molecule has 0 bridgehead atoms. The zero-order valence-corrected chi connectivity index (χ0v) is 11.7. The van der Waals surface area contributed by atoms with Gasteiger partial charge in [-0.3, -0.25) is 9.59 Å². The summed E-state index contributed by atoms with van der Waals surface area (Å²) in [5.74, 6) is 0.280. The molecule has 0 aliphatic carbocycles. The van der Waals surface area contributed by atoms with Crippen molar-refractivity contribution in [1.82, 2.24) is 19.8 Å². The molecular formula is C13H18N4O3. The van der Waals surface area contributed by atoms with Gasteiger partial charge in [0.25, 0.3) is 5.91 Å².